The van der Waals surface area contributed by atoms with E-state index in [4.69, 9.17) is 4.74 Å². The van der Waals surface area contributed by atoms with E-state index in [0.29, 0.717) is 5.69 Å². The summed E-state index contributed by atoms with van der Waals surface area (Å²) in [6.45, 7) is 3.32. The summed E-state index contributed by atoms with van der Waals surface area (Å²) < 4.78 is 6.01. The highest BCUT2D eigenvalue weighted by atomic mass is 127. The lowest BCUT2D eigenvalue weighted by molar-refractivity contribution is -0.384. The summed E-state index contributed by atoms with van der Waals surface area (Å²) in [5.74, 6) is -1.18. The van der Waals surface area contributed by atoms with E-state index in [9.17, 15) is 19.7 Å². The van der Waals surface area contributed by atoms with Crippen molar-refractivity contribution in [1.82, 2.24) is 0 Å². The number of carbonyl (C=O) groups excluding carboxylic acids is 2. The van der Waals surface area contributed by atoms with E-state index in [-0.39, 0.29) is 11.3 Å². The Labute approximate surface area is 157 Å². The molecule has 0 fully saturated rings. The van der Waals surface area contributed by atoms with Crippen LogP contribution in [0, 0.1) is 27.5 Å². The van der Waals surface area contributed by atoms with Crippen LogP contribution in [0.25, 0.3) is 0 Å². The molecule has 0 spiro atoms. The largest absolute Gasteiger partial charge is 0.452 e. The summed E-state index contributed by atoms with van der Waals surface area (Å²) in [7, 11) is 0. The molecule has 0 radical (unpaired) electrons. The van der Waals surface area contributed by atoms with Crippen LogP contribution in [-0.4, -0.2) is 23.4 Å². The number of halogens is 1. The lowest BCUT2D eigenvalue weighted by atomic mass is 10.1. The van der Waals surface area contributed by atoms with Gasteiger partial charge >= 0.3 is 5.97 Å². The first-order chi connectivity index (χ1) is 11.8. The number of nitrogens with zero attached hydrogens (tertiary/aromatic N) is 1. The Morgan fingerprint density at radius 1 is 1.16 bits per heavy atom. The summed E-state index contributed by atoms with van der Waals surface area (Å²) in [6, 6.07) is 8.85. The number of anilines is 1. The van der Waals surface area contributed by atoms with Crippen molar-refractivity contribution in [2.75, 3.05) is 11.9 Å². The molecule has 130 valence electrons. The number of hydrogen-bond donors (Lipinski definition) is 1. The van der Waals surface area contributed by atoms with Crippen LogP contribution in [0.3, 0.4) is 0 Å². The minimum absolute atomic E-state index is 0.126. The van der Waals surface area contributed by atoms with E-state index in [1.165, 1.54) is 24.3 Å². The Morgan fingerprint density at radius 2 is 1.72 bits per heavy atom. The van der Waals surface area contributed by atoms with Crippen molar-refractivity contribution in [2.24, 2.45) is 0 Å². The zero-order valence-corrected chi connectivity index (χ0v) is 15.7. The maximum Gasteiger partial charge on any atom is 0.338 e. The molecule has 0 atom stereocenters. The fourth-order valence-electron chi connectivity index (χ4n) is 2.22. The first-order valence-corrected chi connectivity index (χ1v) is 8.34. The standard InChI is InChI=1S/C17H15IN2O5/c1-10-7-13(18)8-11(2)16(10)19-15(21)9-25-17(22)12-3-5-14(6-4-12)20(23)24/h3-8H,9H2,1-2H3,(H,19,21). The summed E-state index contributed by atoms with van der Waals surface area (Å²) >= 11 is 2.20. The van der Waals surface area contributed by atoms with Crippen molar-refractivity contribution in [2.45, 2.75) is 13.8 Å². The Hall–Kier alpha value is -2.49. The van der Waals surface area contributed by atoms with Gasteiger partial charge in [0.05, 0.1) is 10.5 Å². The second-order valence-corrected chi connectivity index (χ2v) is 6.59. The van der Waals surface area contributed by atoms with Gasteiger partial charge in [0.25, 0.3) is 11.6 Å². The third kappa shape index (κ3) is 4.99. The van der Waals surface area contributed by atoms with Crippen molar-refractivity contribution < 1.29 is 19.2 Å². The van der Waals surface area contributed by atoms with Crippen LogP contribution in [-0.2, 0) is 9.53 Å². The Balaban J connectivity index is 1.96. The molecule has 1 amide bonds. The van der Waals surface area contributed by atoms with E-state index in [0.717, 1.165) is 14.7 Å². The highest BCUT2D eigenvalue weighted by Gasteiger charge is 2.14. The molecule has 0 aliphatic rings. The fourth-order valence-corrected chi connectivity index (χ4v) is 3.15. The van der Waals surface area contributed by atoms with Crippen LogP contribution in [0.1, 0.15) is 21.5 Å². The van der Waals surface area contributed by atoms with E-state index in [1.54, 1.807) is 0 Å². The van der Waals surface area contributed by atoms with Crippen LogP contribution in [0.2, 0.25) is 0 Å². The molecule has 2 aromatic rings. The third-order valence-electron chi connectivity index (χ3n) is 3.41. The SMILES string of the molecule is Cc1cc(I)cc(C)c1NC(=O)COC(=O)c1ccc([N+](=O)[O-])cc1. The number of rotatable bonds is 5. The lowest BCUT2D eigenvalue weighted by Gasteiger charge is -2.12. The zero-order valence-electron chi connectivity index (χ0n) is 13.5. The number of nitrogens with one attached hydrogen (secondary N) is 1. The zero-order chi connectivity index (χ0) is 18.6. The van der Waals surface area contributed by atoms with Gasteiger partial charge in [-0.2, -0.15) is 0 Å². The molecule has 0 saturated heterocycles. The second-order valence-electron chi connectivity index (χ2n) is 5.34. The third-order valence-corrected chi connectivity index (χ3v) is 4.03. The molecule has 0 bridgehead atoms. The molecule has 8 heteroatoms. The number of amides is 1. The first-order valence-electron chi connectivity index (χ1n) is 7.26. The van der Waals surface area contributed by atoms with Crippen LogP contribution in [0.15, 0.2) is 36.4 Å². The molecule has 7 nitrogen and oxygen atoms in total. The number of esters is 1. The van der Waals surface area contributed by atoms with E-state index in [2.05, 4.69) is 27.9 Å². The number of nitro benzene ring substituents is 1. The predicted molar refractivity (Wildman–Crippen MR) is 101 cm³/mol. The topological polar surface area (TPSA) is 98.5 Å². The molecule has 0 aliphatic heterocycles. The summed E-state index contributed by atoms with van der Waals surface area (Å²) in [4.78, 5) is 33.9. The van der Waals surface area contributed by atoms with Gasteiger partial charge in [0.15, 0.2) is 6.61 Å². The normalized spacial score (nSPS) is 10.2. The molecular formula is C17H15IN2O5. The average Bonchev–Trinajstić information content (AvgIpc) is 2.56. The van der Waals surface area contributed by atoms with Gasteiger partial charge in [-0.05, 0) is 71.8 Å². The smallest absolute Gasteiger partial charge is 0.338 e. The van der Waals surface area contributed by atoms with Crippen molar-refractivity contribution >= 4 is 45.8 Å². The van der Waals surface area contributed by atoms with Crippen molar-refractivity contribution in [3.8, 4) is 0 Å². The van der Waals surface area contributed by atoms with Crippen LogP contribution in [0.4, 0.5) is 11.4 Å². The quantitative estimate of drug-likeness (QED) is 0.322. The molecular weight excluding hydrogens is 439 g/mol. The van der Waals surface area contributed by atoms with Crippen molar-refractivity contribution in [3.63, 3.8) is 0 Å². The molecule has 0 unspecified atom stereocenters. The van der Waals surface area contributed by atoms with Crippen molar-refractivity contribution in [3.05, 3.63) is 66.8 Å². The minimum Gasteiger partial charge on any atom is -0.452 e. The highest BCUT2D eigenvalue weighted by Crippen LogP contribution is 2.23. The molecule has 25 heavy (non-hydrogen) atoms. The van der Waals surface area contributed by atoms with E-state index >= 15 is 0 Å². The summed E-state index contributed by atoms with van der Waals surface area (Å²) in [5.41, 5.74) is 2.54. The van der Waals surface area contributed by atoms with Gasteiger partial charge in [-0.3, -0.25) is 14.9 Å². The maximum absolute atomic E-state index is 12.0. The molecule has 2 rings (SSSR count). The van der Waals surface area contributed by atoms with Gasteiger partial charge in [0, 0.05) is 21.4 Å². The second kappa shape index (κ2) is 8.06. The van der Waals surface area contributed by atoms with Gasteiger partial charge in [-0.25, -0.2) is 4.79 Å². The Kier molecular flexibility index (Phi) is 6.07. The lowest BCUT2D eigenvalue weighted by Crippen LogP contribution is -2.22. The molecule has 0 saturated carbocycles. The number of nitro groups is 1. The number of aryl methyl sites for hydroxylation is 2. The van der Waals surface area contributed by atoms with Gasteiger partial charge in [-0.15, -0.1) is 0 Å². The maximum atomic E-state index is 12.0. The number of non-ortho nitro benzene ring substituents is 1. The van der Waals surface area contributed by atoms with Crippen LogP contribution in [0.5, 0.6) is 0 Å². The van der Waals surface area contributed by atoms with Gasteiger partial charge in [0.2, 0.25) is 0 Å². The molecule has 0 aromatic heterocycles. The monoisotopic (exact) mass is 454 g/mol. The fraction of sp³-hybridized carbons (Fsp3) is 0.176. The predicted octanol–water partition coefficient (Wildman–Crippen LogP) is 3.61. The number of hydrogen-bond acceptors (Lipinski definition) is 5. The minimum atomic E-state index is -0.721. The molecule has 0 aliphatic carbocycles. The van der Waals surface area contributed by atoms with Crippen molar-refractivity contribution in [1.29, 1.82) is 0 Å². The van der Waals surface area contributed by atoms with Gasteiger partial charge in [0.1, 0.15) is 0 Å². The summed E-state index contributed by atoms with van der Waals surface area (Å²) in [6.07, 6.45) is 0. The van der Waals surface area contributed by atoms with E-state index in [1.807, 2.05) is 26.0 Å². The number of ether oxygens (including phenoxy) is 1. The van der Waals surface area contributed by atoms with Crippen LogP contribution >= 0.6 is 22.6 Å². The van der Waals surface area contributed by atoms with Gasteiger partial charge < -0.3 is 10.1 Å². The van der Waals surface area contributed by atoms with Crippen LogP contribution < -0.4 is 5.32 Å². The van der Waals surface area contributed by atoms with E-state index < -0.39 is 23.4 Å². The number of carbonyl (C=O) groups is 2. The number of benzene rings is 2. The Morgan fingerprint density at radius 3 is 2.24 bits per heavy atom. The molecule has 2 aromatic carbocycles. The Bertz CT molecular complexity index is 810. The molecule has 1 N–H and O–H groups in total. The first kappa shape index (κ1) is 18.8. The average molecular weight is 454 g/mol. The van der Waals surface area contributed by atoms with Gasteiger partial charge in [-0.1, -0.05) is 0 Å². The highest BCUT2D eigenvalue weighted by molar-refractivity contribution is 14.1. The summed E-state index contributed by atoms with van der Waals surface area (Å²) in [5, 5.41) is 13.3. The molecule has 0 heterocycles.